The van der Waals surface area contributed by atoms with Gasteiger partial charge < -0.3 is 5.32 Å². The Hall–Kier alpha value is -1.98. The summed E-state index contributed by atoms with van der Waals surface area (Å²) >= 11 is 0. The highest BCUT2D eigenvalue weighted by molar-refractivity contribution is 5.76. The Kier molecular flexibility index (Phi) is 5.89. The summed E-state index contributed by atoms with van der Waals surface area (Å²) in [6, 6.07) is 0.337. The van der Waals surface area contributed by atoms with E-state index < -0.39 is 0 Å². The fourth-order valence-corrected chi connectivity index (χ4v) is 4.20. The molecule has 1 aliphatic rings. The molecular formula is C20H31N5O. The minimum Gasteiger partial charge on any atom is -0.353 e. The van der Waals surface area contributed by atoms with Crippen molar-refractivity contribution in [3.05, 3.63) is 23.3 Å². The molecule has 1 N–H and O–H groups in total. The van der Waals surface area contributed by atoms with Gasteiger partial charge in [0.2, 0.25) is 5.91 Å². The zero-order chi connectivity index (χ0) is 18.7. The van der Waals surface area contributed by atoms with Crippen LogP contribution in [-0.2, 0) is 11.2 Å². The summed E-state index contributed by atoms with van der Waals surface area (Å²) in [4.78, 5) is 21.1. The third-order valence-electron chi connectivity index (χ3n) is 5.91. The van der Waals surface area contributed by atoms with Crippen molar-refractivity contribution in [2.75, 3.05) is 0 Å². The Labute approximate surface area is 155 Å². The lowest BCUT2D eigenvalue weighted by atomic mass is 9.89. The molecule has 142 valence electrons. The monoisotopic (exact) mass is 357 g/mol. The molecule has 0 radical (unpaired) electrons. The average molecular weight is 358 g/mol. The van der Waals surface area contributed by atoms with Crippen LogP contribution >= 0.6 is 0 Å². The summed E-state index contributed by atoms with van der Waals surface area (Å²) in [5.74, 6) is 2.32. The molecular weight excluding hydrogens is 326 g/mol. The second kappa shape index (κ2) is 8.14. The van der Waals surface area contributed by atoms with Crippen LogP contribution in [0.2, 0.25) is 0 Å². The van der Waals surface area contributed by atoms with E-state index in [2.05, 4.69) is 34.2 Å². The van der Waals surface area contributed by atoms with Crippen LogP contribution in [0, 0.1) is 25.7 Å². The Morgan fingerprint density at radius 1 is 1.27 bits per heavy atom. The summed E-state index contributed by atoms with van der Waals surface area (Å²) in [6.45, 7) is 8.62. The number of hydrogen-bond donors (Lipinski definition) is 1. The number of carbonyl (C=O) groups excluding carboxylic acids is 1. The van der Waals surface area contributed by atoms with Crippen molar-refractivity contribution in [1.82, 2.24) is 24.9 Å². The van der Waals surface area contributed by atoms with Gasteiger partial charge in [-0.3, -0.25) is 4.79 Å². The van der Waals surface area contributed by atoms with E-state index in [0.717, 1.165) is 41.6 Å². The lowest BCUT2D eigenvalue weighted by molar-refractivity contribution is -0.121. The Balaban J connectivity index is 1.56. The number of nitrogens with one attached hydrogen (secondary N) is 1. The molecule has 0 aliphatic heterocycles. The molecule has 1 aliphatic carbocycles. The van der Waals surface area contributed by atoms with E-state index in [-0.39, 0.29) is 5.91 Å². The number of fused-ring (bicyclic) bond motifs is 1. The van der Waals surface area contributed by atoms with Crippen molar-refractivity contribution in [1.29, 1.82) is 0 Å². The average Bonchev–Trinajstić information content (AvgIpc) is 2.92. The number of aryl methyl sites for hydroxylation is 2. The van der Waals surface area contributed by atoms with Crippen molar-refractivity contribution in [2.24, 2.45) is 11.8 Å². The molecule has 0 unspecified atom stereocenters. The van der Waals surface area contributed by atoms with Crippen LogP contribution in [0.5, 0.6) is 0 Å². The summed E-state index contributed by atoms with van der Waals surface area (Å²) in [6.07, 6.45) is 8.67. The fourth-order valence-electron chi connectivity index (χ4n) is 4.20. The second-order valence-corrected chi connectivity index (χ2v) is 8.01. The van der Waals surface area contributed by atoms with Crippen molar-refractivity contribution in [2.45, 2.75) is 78.7 Å². The van der Waals surface area contributed by atoms with Gasteiger partial charge in [-0.25, -0.2) is 9.50 Å². The maximum atomic E-state index is 12.5. The smallest absolute Gasteiger partial charge is 0.252 e. The maximum Gasteiger partial charge on any atom is 0.252 e. The summed E-state index contributed by atoms with van der Waals surface area (Å²) < 4.78 is 1.75. The molecule has 2 aromatic rings. The summed E-state index contributed by atoms with van der Waals surface area (Å²) in [7, 11) is 0. The molecule has 1 amide bonds. The molecule has 0 spiro atoms. The first-order valence-corrected chi connectivity index (χ1v) is 9.91. The van der Waals surface area contributed by atoms with E-state index >= 15 is 0 Å². The Bertz CT molecular complexity index is 767. The van der Waals surface area contributed by atoms with E-state index in [1.54, 1.807) is 4.52 Å². The van der Waals surface area contributed by atoms with Crippen molar-refractivity contribution in [3.8, 4) is 0 Å². The molecule has 1 saturated carbocycles. The first kappa shape index (κ1) is 18.8. The van der Waals surface area contributed by atoms with Crippen LogP contribution in [0.1, 0.15) is 69.3 Å². The van der Waals surface area contributed by atoms with E-state index in [9.17, 15) is 4.79 Å². The van der Waals surface area contributed by atoms with Crippen molar-refractivity contribution >= 4 is 11.7 Å². The van der Waals surface area contributed by atoms with Gasteiger partial charge >= 0.3 is 0 Å². The quantitative estimate of drug-likeness (QED) is 0.833. The molecule has 6 heteroatoms. The van der Waals surface area contributed by atoms with Gasteiger partial charge in [-0.15, -0.1) is 0 Å². The molecule has 3 rings (SSSR count). The topological polar surface area (TPSA) is 72.2 Å². The highest BCUT2D eigenvalue weighted by Gasteiger charge is 2.22. The Morgan fingerprint density at radius 2 is 2.08 bits per heavy atom. The van der Waals surface area contributed by atoms with Gasteiger partial charge in [0.1, 0.15) is 6.33 Å². The zero-order valence-electron chi connectivity index (χ0n) is 16.5. The third kappa shape index (κ3) is 4.22. The van der Waals surface area contributed by atoms with Gasteiger partial charge in [0, 0.05) is 23.9 Å². The number of aromatic nitrogens is 4. The minimum atomic E-state index is 0.149. The number of nitrogens with zero attached hydrogens (tertiary/aromatic N) is 4. The summed E-state index contributed by atoms with van der Waals surface area (Å²) in [5, 5.41) is 7.48. The maximum absolute atomic E-state index is 12.5. The van der Waals surface area contributed by atoms with Gasteiger partial charge in [-0.1, -0.05) is 26.7 Å². The summed E-state index contributed by atoms with van der Waals surface area (Å²) in [5.41, 5.74) is 3.05. The number of hydrogen-bond acceptors (Lipinski definition) is 4. The van der Waals surface area contributed by atoms with Gasteiger partial charge in [0.25, 0.3) is 5.78 Å². The van der Waals surface area contributed by atoms with E-state index in [1.165, 1.54) is 25.6 Å². The lowest BCUT2D eigenvalue weighted by Crippen LogP contribution is -2.34. The molecule has 6 nitrogen and oxygen atoms in total. The molecule has 2 heterocycles. The van der Waals surface area contributed by atoms with Gasteiger partial charge in [0.05, 0.1) is 0 Å². The van der Waals surface area contributed by atoms with E-state index in [1.807, 2.05) is 13.8 Å². The van der Waals surface area contributed by atoms with E-state index in [4.69, 9.17) is 0 Å². The first-order valence-electron chi connectivity index (χ1n) is 9.91. The van der Waals surface area contributed by atoms with Gasteiger partial charge in [-0.2, -0.15) is 10.1 Å². The first-order chi connectivity index (χ1) is 12.5. The molecule has 2 atom stereocenters. The standard InChI is InChI=1S/C20H31N5O/c1-13(2)16-6-5-7-17(9-8-16)24-19(26)11-10-18-14(3)23-20-21-12-22-25(20)15(18)4/h12-13,16-17H,5-11H2,1-4H3,(H,24,26)/t16-,17+/m0/s1. The SMILES string of the molecule is Cc1nc2ncnn2c(C)c1CCC(=O)N[C@@H]1CCC[C@H](C(C)C)CC1. The predicted molar refractivity (Wildman–Crippen MR) is 102 cm³/mol. The molecule has 0 aromatic carbocycles. The van der Waals surface area contributed by atoms with Crippen molar-refractivity contribution in [3.63, 3.8) is 0 Å². The van der Waals surface area contributed by atoms with Crippen LogP contribution in [0.25, 0.3) is 5.78 Å². The number of rotatable bonds is 5. The largest absolute Gasteiger partial charge is 0.353 e. The van der Waals surface area contributed by atoms with Crippen LogP contribution in [0.3, 0.4) is 0 Å². The zero-order valence-corrected chi connectivity index (χ0v) is 16.5. The number of amides is 1. The second-order valence-electron chi connectivity index (χ2n) is 8.01. The normalized spacial score (nSPS) is 21.1. The molecule has 0 bridgehead atoms. The third-order valence-corrected chi connectivity index (χ3v) is 5.91. The highest BCUT2D eigenvalue weighted by atomic mass is 16.1. The molecule has 26 heavy (non-hydrogen) atoms. The molecule has 1 fully saturated rings. The predicted octanol–water partition coefficient (Wildman–Crippen LogP) is 3.39. The molecule has 0 saturated heterocycles. The fraction of sp³-hybridized carbons (Fsp3) is 0.700. The van der Waals surface area contributed by atoms with Crippen LogP contribution in [0.15, 0.2) is 6.33 Å². The molecule has 2 aromatic heterocycles. The lowest BCUT2D eigenvalue weighted by Gasteiger charge is -2.19. The van der Waals surface area contributed by atoms with E-state index in [0.29, 0.717) is 24.7 Å². The van der Waals surface area contributed by atoms with Gasteiger partial charge in [0.15, 0.2) is 0 Å². The van der Waals surface area contributed by atoms with Crippen molar-refractivity contribution < 1.29 is 4.79 Å². The van der Waals surface area contributed by atoms with Crippen LogP contribution in [0.4, 0.5) is 0 Å². The van der Waals surface area contributed by atoms with Gasteiger partial charge in [-0.05, 0) is 56.9 Å². The van der Waals surface area contributed by atoms with Crippen LogP contribution in [-0.4, -0.2) is 31.5 Å². The Morgan fingerprint density at radius 3 is 2.85 bits per heavy atom. The minimum absolute atomic E-state index is 0.149. The van der Waals surface area contributed by atoms with Crippen LogP contribution < -0.4 is 5.32 Å². The number of carbonyl (C=O) groups is 1. The highest BCUT2D eigenvalue weighted by Crippen LogP contribution is 2.28.